The first-order chi connectivity index (χ1) is 14.8. The minimum absolute atomic E-state index is 0.0886. The molecule has 2 atom stereocenters. The molecule has 0 unspecified atom stereocenters. The molecule has 31 heavy (non-hydrogen) atoms. The maximum Gasteiger partial charge on any atom is 0.226 e. The molecule has 4 rings (SSSR count). The molecule has 0 bridgehead atoms. The number of rotatable bonds is 5. The van der Waals surface area contributed by atoms with Crippen LogP contribution in [0, 0.1) is 5.92 Å². The highest BCUT2D eigenvalue weighted by atomic mass is 35.5. The summed E-state index contributed by atoms with van der Waals surface area (Å²) in [6.07, 6.45) is 1.77. The van der Waals surface area contributed by atoms with Gasteiger partial charge in [0, 0.05) is 22.7 Å². The quantitative estimate of drug-likeness (QED) is 0.415. The van der Waals surface area contributed by atoms with Crippen LogP contribution in [0.25, 0.3) is 0 Å². The van der Waals surface area contributed by atoms with E-state index < -0.39 is 0 Å². The smallest absolute Gasteiger partial charge is 0.226 e. The SMILES string of the molecule is CC(C)C(=O)Nc1ccc(N2C(=S)N[C@H](c3ccccn3)[C@@H]2c2ccc(Cl)s2)cc1Cl. The van der Waals surface area contributed by atoms with Crippen molar-refractivity contribution in [2.24, 2.45) is 5.92 Å². The van der Waals surface area contributed by atoms with E-state index in [0.29, 0.717) is 20.2 Å². The van der Waals surface area contributed by atoms with Crippen molar-refractivity contribution in [3.8, 4) is 0 Å². The zero-order valence-corrected chi connectivity index (χ0v) is 19.9. The largest absolute Gasteiger partial charge is 0.351 e. The summed E-state index contributed by atoms with van der Waals surface area (Å²) in [4.78, 5) is 19.7. The van der Waals surface area contributed by atoms with Crippen LogP contribution in [0.3, 0.4) is 0 Å². The Morgan fingerprint density at radius 3 is 2.65 bits per heavy atom. The summed E-state index contributed by atoms with van der Waals surface area (Å²) in [6, 6.07) is 14.9. The van der Waals surface area contributed by atoms with Crippen LogP contribution < -0.4 is 15.5 Å². The molecule has 3 aromatic rings. The lowest BCUT2D eigenvalue weighted by atomic mass is 10.0. The van der Waals surface area contributed by atoms with Gasteiger partial charge in [0.2, 0.25) is 5.91 Å². The van der Waals surface area contributed by atoms with Crippen molar-refractivity contribution in [3.05, 3.63) is 74.7 Å². The maximum absolute atomic E-state index is 12.1. The predicted molar refractivity (Wildman–Crippen MR) is 132 cm³/mol. The van der Waals surface area contributed by atoms with Gasteiger partial charge in [-0.2, -0.15) is 0 Å². The van der Waals surface area contributed by atoms with Crippen LogP contribution in [0.1, 0.15) is 36.5 Å². The Balaban J connectivity index is 1.73. The molecule has 2 aromatic heterocycles. The van der Waals surface area contributed by atoms with E-state index in [1.165, 1.54) is 11.3 Å². The van der Waals surface area contributed by atoms with Gasteiger partial charge in [-0.25, -0.2) is 0 Å². The Kier molecular flexibility index (Phi) is 6.48. The van der Waals surface area contributed by atoms with Gasteiger partial charge in [-0.15, -0.1) is 11.3 Å². The second-order valence-corrected chi connectivity index (χ2v) is 9.99. The van der Waals surface area contributed by atoms with Crippen molar-refractivity contribution in [1.82, 2.24) is 10.3 Å². The fourth-order valence-electron chi connectivity index (χ4n) is 3.44. The molecule has 1 fully saturated rings. The zero-order chi connectivity index (χ0) is 22.1. The van der Waals surface area contributed by atoms with Crippen LogP contribution in [-0.2, 0) is 4.79 Å². The van der Waals surface area contributed by atoms with Gasteiger partial charge in [-0.3, -0.25) is 9.78 Å². The molecule has 1 aromatic carbocycles. The average molecular weight is 491 g/mol. The Bertz CT molecular complexity index is 1120. The van der Waals surface area contributed by atoms with Crippen molar-refractivity contribution in [3.63, 3.8) is 0 Å². The van der Waals surface area contributed by atoms with Gasteiger partial charge in [-0.1, -0.05) is 43.1 Å². The van der Waals surface area contributed by atoms with E-state index >= 15 is 0 Å². The number of amides is 1. The summed E-state index contributed by atoms with van der Waals surface area (Å²) in [5.74, 6) is -0.229. The van der Waals surface area contributed by atoms with Gasteiger partial charge in [0.1, 0.15) is 0 Å². The first-order valence-corrected chi connectivity index (χ1v) is 11.7. The third kappa shape index (κ3) is 4.55. The summed E-state index contributed by atoms with van der Waals surface area (Å²) < 4.78 is 0.706. The van der Waals surface area contributed by atoms with Gasteiger partial charge in [0.25, 0.3) is 0 Å². The first kappa shape index (κ1) is 22.0. The molecule has 2 N–H and O–H groups in total. The van der Waals surface area contributed by atoms with Gasteiger partial charge in [-0.05, 0) is 54.7 Å². The molecule has 9 heteroatoms. The first-order valence-electron chi connectivity index (χ1n) is 9.71. The fourth-order valence-corrected chi connectivity index (χ4v) is 5.20. The molecular weight excluding hydrogens is 471 g/mol. The Morgan fingerprint density at radius 2 is 2.03 bits per heavy atom. The number of hydrogen-bond acceptors (Lipinski definition) is 4. The van der Waals surface area contributed by atoms with Crippen molar-refractivity contribution < 1.29 is 4.79 Å². The van der Waals surface area contributed by atoms with Crippen molar-refractivity contribution in [1.29, 1.82) is 0 Å². The summed E-state index contributed by atoms with van der Waals surface area (Å²) in [5.41, 5.74) is 2.27. The number of pyridine rings is 1. The molecule has 0 radical (unpaired) electrons. The summed E-state index contributed by atoms with van der Waals surface area (Å²) in [7, 11) is 0. The molecular formula is C22H20Cl2N4OS2. The Labute approximate surface area is 200 Å². The predicted octanol–water partition coefficient (Wildman–Crippen LogP) is 6.22. The van der Waals surface area contributed by atoms with Gasteiger partial charge >= 0.3 is 0 Å². The second-order valence-electron chi connectivity index (χ2n) is 7.45. The summed E-state index contributed by atoms with van der Waals surface area (Å²) in [6.45, 7) is 3.67. The number of anilines is 2. The third-order valence-electron chi connectivity index (χ3n) is 5.00. The van der Waals surface area contributed by atoms with E-state index in [0.717, 1.165) is 16.3 Å². The van der Waals surface area contributed by atoms with Crippen LogP contribution in [-0.4, -0.2) is 16.0 Å². The second kappa shape index (κ2) is 9.12. The highest BCUT2D eigenvalue weighted by Crippen LogP contribution is 2.45. The zero-order valence-electron chi connectivity index (χ0n) is 16.8. The number of carbonyl (C=O) groups is 1. The minimum Gasteiger partial charge on any atom is -0.351 e. The van der Waals surface area contributed by atoms with E-state index in [9.17, 15) is 4.79 Å². The number of nitrogens with zero attached hydrogens (tertiary/aromatic N) is 2. The van der Waals surface area contributed by atoms with Crippen LogP contribution in [0.4, 0.5) is 11.4 Å². The van der Waals surface area contributed by atoms with E-state index in [2.05, 4.69) is 15.6 Å². The number of halogens is 2. The lowest BCUT2D eigenvalue weighted by Gasteiger charge is -2.27. The number of aromatic nitrogens is 1. The van der Waals surface area contributed by atoms with E-state index in [1.54, 1.807) is 12.3 Å². The molecule has 1 aliphatic rings. The standard InChI is InChI=1S/C22H20Cl2N4OS2/c1-12(2)21(29)26-15-7-6-13(11-14(15)23)28-20(17-8-9-18(24)31-17)19(27-22(28)30)16-5-3-4-10-25-16/h3-12,19-20H,1-2H3,(H,26,29)(H,27,30)/t19-,20+/m1/s1. The maximum atomic E-state index is 12.1. The monoisotopic (exact) mass is 490 g/mol. The molecule has 160 valence electrons. The summed E-state index contributed by atoms with van der Waals surface area (Å²) >= 11 is 20.0. The number of thiophene rings is 1. The highest BCUT2D eigenvalue weighted by molar-refractivity contribution is 7.80. The molecule has 1 amide bonds. The van der Waals surface area contributed by atoms with Crippen LogP contribution in [0.2, 0.25) is 9.36 Å². The number of nitrogens with one attached hydrogen (secondary N) is 2. The van der Waals surface area contributed by atoms with Crippen LogP contribution in [0.15, 0.2) is 54.7 Å². The minimum atomic E-state index is -0.150. The van der Waals surface area contributed by atoms with Gasteiger partial charge in [0.05, 0.1) is 32.8 Å². The molecule has 1 saturated heterocycles. The number of thiocarbonyl (C=S) groups is 1. The van der Waals surface area contributed by atoms with E-state index in [-0.39, 0.29) is 23.9 Å². The van der Waals surface area contributed by atoms with Crippen molar-refractivity contribution in [2.75, 3.05) is 10.2 Å². The molecule has 0 aliphatic carbocycles. The van der Waals surface area contributed by atoms with Crippen molar-refractivity contribution >= 4 is 69.2 Å². The van der Waals surface area contributed by atoms with E-state index in [4.69, 9.17) is 35.4 Å². The normalized spacial score (nSPS) is 18.4. The molecule has 5 nitrogen and oxygen atoms in total. The third-order valence-corrected chi connectivity index (χ3v) is 6.93. The number of hydrogen-bond donors (Lipinski definition) is 2. The molecule has 3 heterocycles. The van der Waals surface area contributed by atoms with Crippen LogP contribution in [0.5, 0.6) is 0 Å². The molecule has 1 aliphatic heterocycles. The number of carbonyl (C=O) groups excluding carboxylic acids is 1. The Morgan fingerprint density at radius 1 is 1.23 bits per heavy atom. The molecule has 0 saturated carbocycles. The highest BCUT2D eigenvalue weighted by Gasteiger charge is 2.41. The van der Waals surface area contributed by atoms with E-state index in [1.807, 2.05) is 61.2 Å². The topological polar surface area (TPSA) is 57.3 Å². The molecule has 0 spiro atoms. The lowest BCUT2D eigenvalue weighted by Crippen LogP contribution is -2.29. The van der Waals surface area contributed by atoms with Crippen molar-refractivity contribution in [2.45, 2.75) is 25.9 Å². The van der Waals surface area contributed by atoms with Crippen LogP contribution >= 0.6 is 46.8 Å². The van der Waals surface area contributed by atoms with Gasteiger partial charge in [0.15, 0.2) is 5.11 Å². The Hall–Kier alpha value is -2.19. The van der Waals surface area contributed by atoms with Gasteiger partial charge < -0.3 is 15.5 Å². The average Bonchev–Trinajstić information content (AvgIpc) is 3.32. The fraction of sp³-hybridized carbons (Fsp3) is 0.227. The lowest BCUT2D eigenvalue weighted by molar-refractivity contribution is -0.118. The summed E-state index contributed by atoms with van der Waals surface area (Å²) in [5, 5.41) is 7.27. The number of benzene rings is 1.